The number of likely N-dealkylation sites (tertiary alicyclic amines) is 1. The van der Waals surface area contributed by atoms with Crippen LogP contribution in [0.4, 0.5) is 4.79 Å². The SMILES string of the molecule is CC(C)(C)NC(=O)N1CCC[C@H]1C(=O)OCc1ccccc1. The molecule has 0 aliphatic carbocycles. The number of benzene rings is 1. The second-order valence-electron chi connectivity index (χ2n) is 6.62. The Hall–Kier alpha value is -2.04. The first kappa shape index (κ1) is 16.3. The number of carbonyl (C=O) groups excluding carboxylic acids is 2. The zero-order valence-electron chi connectivity index (χ0n) is 13.5. The molecule has 0 unspecified atom stereocenters. The van der Waals surface area contributed by atoms with Crippen molar-refractivity contribution in [3.05, 3.63) is 35.9 Å². The topological polar surface area (TPSA) is 58.6 Å². The Balaban J connectivity index is 1.92. The zero-order valence-corrected chi connectivity index (χ0v) is 13.5. The van der Waals surface area contributed by atoms with Crippen LogP contribution in [-0.2, 0) is 16.1 Å². The van der Waals surface area contributed by atoms with Crippen molar-refractivity contribution in [2.45, 2.75) is 51.8 Å². The van der Waals surface area contributed by atoms with Crippen LogP contribution < -0.4 is 5.32 Å². The maximum absolute atomic E-state index is 12.3. The minimum Gasteiger partial charge on any atom is -0.459 e. The van der Waals surface area contributed by atoms with E-state index in [4.69, 9.17) is 4.74 Å². The van der Waals surface area contributed by atoms with Crippen molar-refractivity contribution >= 4 is 12.0 Å². The first-order valence-corrected chi connectivity index (χ1v) is 7.66. The molecule has 1 saturated heterocycles. The molecule has 1 atom stereocenters. The lowest BCUT2D eigenvalue weighted by Gasteiger charge is -2.28. The first-order valence-electron chi connectivity index (χ1n) is 7.66. The Morgan fingerprint density at radius 1 is 1.27 bits per heavy atom. The molecule has 5 nitrogen and oxygen atoms in total. The average Bonchev–Trinajstić information content (AvgIpc) is 2.93. The first-order chi connectivity index (χ1) is 10.4. The number of urea groups is 1. The Bertz CT molecular complexity index is 522. The molecule has 120 valence electrons. The fourth-order valence-corrected chi connectivity index (χ4v) is 2.47. The van der Waals surface area contributed by atoms with E-state index in [0.717, 1.165) is 12.0 Å². The highest BCUT2D eigenvalue weighted by molar-refractivity contribution is 5.84. The predicted molar refractivity (Wildman–Crippen MR) is 84.3 cm³/mol. The summed E-state index contributed by atoms with van der Waals surface area (Å²) in [6, 6.07) is 8.86. The van der Waals surface area contributed by atoms with E-state index in [1.165, 1.54) is 0 Å². The molecule has 0 spiro atoms. The molecule has 1 heterocycles. The van der Waals surface area contributed by atoms with Crippen LogP contribution in [0.3, 0.4) is 0 Å². The Kier molecular flexibility index (Phi) is 5.06. The van der Waals surface area contributed by atoms with Gasteiger partial charge in [-0.05, 0) is 39.2 Å². The zero-order chi connectivity index (χ0) is 16.2. The molecule has 1 fully saturated rings. The molecular weight excluding hydrogens is 280 g/mol. The van der Waals surface area contributed by atoms with Gasteiger partial charge in [0.1, 0.15) is 12.6 Å². The summed E-state index contributed by atoms with van der Waals surface area (Å²) in [5, 5.41) is 2.90. The monoisotopic (exact) mass is 304 g/mol. The van der Waals surface area contributed by atoms with Crippen LogP contribution in [0.1, 0.15) is 39.2 Å². The van der Waals surface area contributed by atoms with Crippen molar-refractivity contribution in [3.8, 4) is 0 Å². The molecule has 0 aromatic heterocycles. The number of carbonyl (C=O) groups is 2. The molecule has 2 rings (SSSR count). The third-order valence-electron chi connectivity index (χ3n) is 3.49. The van der Waals surface area contributed by atoms with Gasteiger partial charge in [0.2, 0.25) is 0 Å². The van der Waals surface area contributed by atoms with Gasteiger partial charge in [0, 0.05) is 12.1 Å². The fourth-order valence-electron chi connectivity index (χ4n) is 2.47. The normalized spacial score (nSPS) is 18.1. The summed E-state index contributed by atoms with van der Waals surface area (Å²) in [6.45, 7) is 6.59. The van der Waals surface area contributed by atoms with E-state index >= 15 is 0 Å². The van der Waals surface area contributed by atoms with Gasteiger partial charge in [-0.2, -0.15) is 0 Å². The van der Waals surface area contributed by atoms with Crippen molar-refractivity contribution in [2.75, 3.05) is 6.54 Å². The summed E-state index contributed by atoms with van der Waals surface area (Å²) in [4.78, 5) is 26.1. The Labute approximate surface area is 131 Å². The van der Waals surface area contributed by atoms with Gasteiger partial charge in [0.15, 0.2) is 0 Å². The average molecular weight is 304 g/mol. The van der Waals surface area contributed by atoms with Crippen LogP contribution in [-0.4, -0.2) is 35.0 Å². The summed E-state index contributed by atoms with van der Waals surface area (Å²) in [6.07, 6.45) is 1.48. The van der Waals surface area contributed by atoms with Crippen LogP contribution in [0.2, 0.25) is 0 Å². The van der Waals surface area contributed by atoms with Crippen LogP contribution >= 0.6 is 0 Å². The summed E-state index contributed by atoms with van der Waals surface area (Å²) in [7, 11) is 0. The van der Waals surface area contributed by atoms with E-state index in [9.17, 15) is 9.59 Å². The molecule has 2 amide bonds. The second kappa shape index (κ2) is 6.81. The molecule has 22 heavy (non-hydrogen) atoms. The number of ether oxygens (including phenoxy) is 1. The molecule has 0 radical (unpaired) electrons. The van der Waals surface area contributed by atoms with E-state index in [2.05, 4.69) is 5.32 Å². The van der Waals surface area contributed by atoms with Gasteiger partial charge in [-0.1, -0.05) is 30.3 Å². The molecule has 1 N–H and O–H groups in total. The fraction of sp³-hybridized carbons (Fsp3) is 0.529. The summed E-state index contributed by atoms with van der Waals surface area (Å²) in [5.41, 5.74) is 0.623. The van der Waals surface area contributed by atoms with Gasteiger partial charge >= 0.3 is 12.0 Å². The number of hydrogen-bond acceptors (Lipinski definition) is 3. The molecule has 5 heteroatoms. The van der Waals surface area contributed by atoms with Gasteiger partial charge < -0.3 is 15.0 Å². The van der Waals surface area contributed by atoms with Gasteiger partial charge in [-0.25, -0.2) is 9.59 Å². The number of rotatable bonds is 3. The lowest BCUT2D eigenvalue weighted by molar-refractivity contribution is -0.149. The second-order valence-corrected chi connectivity index (χ2v) is 6.62. The quantitative estimate of drug-likeness (QED) is 0.874. The largest absolute Gasteiger partial charge is 0.459 e. The third-order valence-corrected chi connectivity index (χ3v) is 3.49. The van der Waals surface area contributed by atoms with Crippen molar-refractivity contribution in [2.24, 2.45) is 0 Å². The number of nitrogens with one attached hydrogen (secondary N) is 1. The lowest BCUT2D eigenvalue weighted by Crippen LogP contribution is -2.51. The maximum atomic E-state index is 12.3. The van der Waals surface area contributed by atoms with Gasteiger partial charge in [0.25, 0.3) is 0 Å². The molecule has 1 aliphatic heterocycles. The van der Waals surface area contributed by atoms with Crippen molar-refractivity contribution in [1.29, 1.82) is 0 Å². The lowest BCUT2D eigenvalue weighted by atomic mass is 10.1. The number of amides is 2. The van der Waals surface area contributed by atoms with Crippen LogP contribution in [0.15, 0.2) is 30.3 Å². The van der Waals surface area contributed by atoms with E-state index in [1.54, 1.807) is 4.90 Å². The minimum absolute atomic E-state index is 0.202. The van der Waals surface area contributed by atoms with Gasteiger partial charge in [0.05, 0.1) is 0 Å². The van der Waals surface area contributed by atoms with Crippen LogP contribution in [0, 0.1) is 0 Å². The number of hydrogen-bond donors (Lipinski definition) is 1. The van der Waals surface area contributed by atoms with Crippen molar-refractivity contribution in [1.82, 2.24) is 10.2 Å². The summed E-state index contributed by atoms with van der Waals surface area (Å²) in [5.74, 6) is -0.328. The summed E-state index contributed by atoms with van der Waals surface area (Å²) < 4.78 is 5.36. The molecule has 0 saturated carbocycles. The summed E-state index contributed by atoms with van der Waals surface area (Å²) >= 11 is 0. The van der Waals surface area contributed by atoms with Crippen LogP contribution in [0.25, 0.3) is 0 Å². The molecule has 1 aromatic carbocycles. The van der Waals surface area contributed by atoms with E-state index in [-0.39, 0.29) is 24.1 Å². The number of esters is 1. The highest BCUT2D eigenvalue weighted by Gasteiger charge is 2.36. The van der Waals surface area contributed by atoms with Gasteiger partial charge in [-0.3, -0.25) is 0 Å². The molecular formula is C17H24N2O3. The van der Waals surface area contributed by atoms with Crippen molar-refractivity contribution in [3.63, 3.8) is 0 Å². The van der Waals surface area contributed by atoms with E-state index in [0.29, 0.717) is 13.0 Å². The Morgan fingerprint density at radius 2 is 1.95 bits per heavy atom. The molecule has 1 aromatic rings. The smallest absolute Gasteiger partial charge is 0.329 e. The molecule has 1 aliphatic rings. The third kappa shape index (κ3) is 4.48. The highest BCUT2D eigenvalue weighted by Crippen LogP contribution is 2.20. The van der Waals surface area contributed by atoms with E-state index in [1.807, 2.05) is 51.1 Å². The van der Waals surface area contributed by atoms with Crippen molar-refractivity contribution < 1.29 is 14.3 Å². The van der Waals surface area contributed by atoms with Gasteiger partial charge in [-0.15, -0.1) is 0 Å². The molecule has 0 bridgehead atoms. The van der Waals surface area contributed by atoms with Crippen LogP contribution in [0.5, 0.6) is 0 Å². The Morgan fingerprint density at radius 3 is 2.59 bits per heavy atom. The minimum atomic E-state index is -0.480. The number of nitrogens with zero attached hydrogens (tertiary/aromatic N) is 1. The highest BCUT2D eigenvalue weighted by atomic mass is 16.5. The standard InChI is InChI=1S/C17H24N2O3/c1-17(2,3)18-16(21)19-11-7-10-14(19)15(20)22-12-13-8-5-4-6-9-13/h4-6,8-9,14H,7,10-12H2,1-3H3,(H,18,21)/t14-/m0/s1. The van der Waals surface area contributed by atoms with E-state index < -0.39 is 6.04 Å². The predicted octanol–water partition coefficient (Wildman–Crippen LogP) is 2.70. The maximum Gasteiger partial charge on any atom is 0.329 e.